The largest absolute Gasteiger partial charge is 0.478 e. The van der Waals surface area contributed by atoms with Crippen LogP contribution in [-0.2, 0) is 0 Å². The second kappa shape index (κ2) is 8.28. The zero-order valence-electron chi connectivity index (χ0n) is 12.5. The van der Waals surface area contributed by atoms with E-state index in [-0.39, 0.29) is 11.6 Å². The van der Waals surface area contributed by atoms with Crippen molar-refractivity contribution in [3.63, 3.8) is 0 Å². The van der Waals surface area contributed by atoms with Crippen molar-refractivity contribution in [3.8, 4) is 0 Å². The minimum atomic E-state index is -1.01. The van der Waals surface area contributed by atoms with Crippen LogP contribution < -0.4 is 5.73 Å². The summed E-state index contributed by atoms with van der Waals surface area (Å²) in [6.45, 7) is 5.48. The molecule has 0 aromatic carbocycles. The van der Waals surface area contributed by atoms with Crippen LogP contribution in [0.25, 0.3) is 0 Å². The molecule has 21 heavy (non-hydrogen) atoms. The Morgan fingerprint density at radius 2 is 2.10 bits per heavy atom. The number of carbonyl (C=O) groups is 2. The van der Waals surface area contributed by atoms with Crippen molar-refractivity contribution in [1.29, 1.82) is 0 Å². The van der Waals surface area contributed by atoms with Crippen LogP contribution in [0.2, 0.25) is 0 Å². The van der Waals surface area contributed by atoms with Crippen molar-refractivity contribution in [2.24, 2.45) is 11.7 Å². The van der Waals surface area contributed by atoms with Crippen molar-refractivity contribution in [1.82, 2.24) is 10.1 Å². The fourth-order valence-corrected chi connectivity index (χ4v) is 2.35. The molecule has 1 aromatic heterocycles. The summed E-state index contributed by atoms with van der Waals surface area (Å²) in [7, 11) is 0. The molecule has 0 saturated carbocycles. The van der Waals surface area contributed by atoms with E-state index in [0.717, 1.165) is 31.8 Å². The first kappa shape index (κ1) is 17.0. The molecule has 0 radical (unpaired) electrons. The monoisotopic (exact) mass is 297 g/mol. The molecule has 1 aromatic rings. The number of nitrogens with two attached hydrogens (primary N) is 1. The van der Waals surface area contributed by atoms with Gasteiger partial charge in [-0.2, -0.15) is 0 Å². The number of nitrogens with zero attached hydrogens (tertiary/aromatic N) is 2. The Bertz CT molecular complexity index is 465. The normalized spacial score (nSPS) is 15.2. The molecule has 0 atom stereocenters. The minimum Gasteiger partial charge on any atom is -0.478 e. The Labute approximate surface area is 124 Å². The van der Waals surface area contributed by atoms with Gasteiger partial charge in [-0.3, -0.25) is 0 Å². The van der Waals surface area contributed by atoms with E-state index in [0.29, 0.717) is 5.76 Å². The number of amides is 2. The number of hydrogen-bond acceptors (Lipinski definition) is 4. The quantitative estimate of drug-likeness (QED) is 0.889. The molecule has 1 saturated heterocycles. The molecular formula is C14H23N3O4. The number of aromatic nitrogens is 1. The van der Waals surface area contributed by atoms with Crippen LogP contribution in [0.15, 0.2) is 10.7 Å². The maximum atomic E-state index is 10.8. The van der Waals surface area contributed by atoms with Gasteiger partial charge < -0.3 is 20.3 Å². The van der Waals surface area contributed by atoms with Gasteiger partial charge in [0.25, 0.3) is 0 Å². The summed E-state index contributed by atoms with van der Waals surface area (Å²) in [5.74, 6) is 0.154. The van der Waals surface area contributed by atoms with E-state index in [4.69, 9.17) is 10.8 Å². The summed E-state index contributed by atoms with van der Waals surface area (Å²) in [6.07, 6.45) is 6.00. The van der Waals surface area contributed by atoms with Crippen molar-refractivity contribution in [2.75, 3.05) is 13.1 Å². The van der Waals surface area contributed by atoms with Gasteiger partial charge in [-0.1, -0.05) is 24.9 Å². The molecule has 3 N–H and O–H groups in total. The van der Waals surface area contributed by atoms with E-state index in [9.17, 15) is 9.59 Å². The second-order valence-corrected chi connectivity index (χ2v) is 5.16. The van der Waals surface area contributed by atoms with Gasteiger partial charge in [0.2, 0.25) is 0 Å². The summed E-state index contributed by atoms with van der Waals surface area (Å²) in [5.41, 5.74) is 5.29. The van der Waals surface area contributed by atoms with Crippen LogP contribution in [0, 0.1) is 12.8 Å². The van der Waals surface area contributed by atoms with Gasteiger partial charge in [-0.25, -0.2) is 9.59 Å². The summed E-state index contributed by atoms with van der Waals surface area (Å²) in [4.78, 5) is 22.7. The van der Waals surface area contributed by atoms with Crippen molar-refractivity contribution in [2.45, 2.75) is 39.5 Å². The lowest BCUT2D eigenvalue weighted by atomic mass is 9.93. The maximum absolute atomic E-state index is 10.8. The lowest BCUT2D eigenvalue weighted by Crippen LogP contribution is -2.41. The fraction of sp³-hybridized carbons (Fsp3) is 0.643. The highest BCUT2D eigenvalue weighted by molar-refractivity contribution is 5.88. The van der Waals surface area contributed by atoms with Crippen LogP contribution >= 0.6 is 0 Å². The molecule has 0 aliphatic carbocycles. The molecule has 0 spiro atoms. The lowest BCUT2D eigenvalue weighted by Gasteiger charge is -2.30. The highest BCUT2D eigenvalue weighted by atomic mass is 16.5. The van der Waals surface area contributed by atoms with Crippen molar-refractivity contribution < 1.29 is 19.2 Å². The van der Waals surface area contributed by atoms with Crippen LogP contribution in [-0.4, -0.2) is 40.3 Å². The van der Waals surface area contributed by atoms with Gasteiger partial charge in [0.05, 0.1) is 6.20 Å². The molecule has 7 nitrogen and oxygen atoms in total. The molecule has 1 fully saturated rings. The third-order valence-corrected chi connectivity index (χ3v) is 3.60. The van der Waals surface area contributed by atoms with Crippen LogP contribution in [0.5, 0.6) is 0 Å². The SMILES string of the molecule is CCCC1CCN(C(N)=O)CC1.Cc1oncc1C(=O)O. The number of carboxylic acid groups (broad SMARTS) is 1. The Balaban J connectivity index is 0.000000219. The average molecular weight is 297 g/mol. The zero-order valence-corrected chi connectivity index (χ0v) is 12.5. The summed E-state index contributed by atoms with van der Waals surface area (Å²) in [5, 5.41) is 11.6. The van der Waals surface area contributed by atoms with Crippen molar-refractivity contribution in [3.05, 3.63) is 17.5 Å². The Kier molecular flexibility index (Phi) is 6.71. The minimum absolute atomic E-state index is 0.120. The van der Waals surface area contributed by atoms with Gasteiger partial charge in [-0.15, -0.1) is 0 Å². The number of aromatic carboxylic acids is 1. The molecule has 0 bridgehead atoms. The number of hydrogen-bond donors (Lipinski definition) is 2. The summed E-state index contributed by atoms with van der Waals surface area (Å²) >= 11 is 0. The molecule has 7 heteroatoms. The number of urea groups is 1. The number of piperidine rings is 1. The zero-order chi connectivity index (χ0) is 15.8. The van der Waals surface area contributed by atoms with E-state index in [1.165, 1.54) is 19.0 Å². The Hall–Kier alpha value is -2.05. The van der Waals surface area contributed by atoms with E-state index in [1.807, 2.05) is 0 Å². The molecule has 2 rings (SSSR count). The average Bonchev–Trinajstić information content (AvgIpc) is 2.87. The standard InChI is InChI=1S/C9H18N2O.C5H5NO3/c1-2-3-8-4-6-11(7-5-8)9(10)12;1-3-4(5(7)8)2-6-9-3/h8H,2-7H2,1H3,(H2,10,12);2H,1H3,(H,7,8). The first-order chi connectivity index (χ1) is 9.95. The predicted octanol–water partition coefficient (Wildman–Crippen LogP) is 2.26. The molecule has 2 amide bonds. The van der Waals surface area contributed by atoms with E-state index >= 15 is 0 Å². The van der Waals surface area contributed by atoms with Gasteiger partial charge in [0.15, 0.2) is 0 Å². The number of carboxylic acids is 1. The Morgan fingerprint density at radius 3 is 2.43 bits per heavy atom. The highest BCUT2D eigenvalue weighted by Gasteiger charge is 2.19. The van der Waals surface area contributed by atoms with Gasteiger partial charge in [0, 0.05) is 13.1 Å². The van der Waals surface area contributed by atoms with Crippen LogP contribution in [0.1, 0.15) is 48.7 Å². The topological polar surface area (TPSA) is 110 Å². The molecule has 118 valence electrons. The lowest BCUT2D eigenvalue weighted by molar-refractivity contribution is 0.0695. The maximum Gasteiger partial charge on any atom is 0.340 e. The number of primary amides is 1. The number of aryl methyl sites for hydroxylation is 1. The Morgan fingerprint density at radius 1 is 1.48 bits per heavy atom. The molecule has 0 unspecified atom stereocenters. The highest BCUT2D eigenvalue weighted by Crippen LogP contribution is 2.21. The molecular weight excluding hydrogens is 274 g/mol. The van der Waals surface area contributed by atoms with Crippen LogP contribution in [0.3, 0.4) is 0 Å². The third kappa shape index (κ3) is 5.45. The third-order valence-electron chi connectivity index (χ3n) is 3.60. The first-order valence-corrected chi connectivity index (χ1v) is 7.14. The van der Waals surface area contributed by atoms with E-state index in [2.05, 4.69) is 16.6 Å². The smallest absolute Gasteiger partial charge is 0.340 e. The number of likely N-dealkylation sites (tertiary alicyclic amines) is 1. The van der Waals surface area contributed by atoms with E-state index < -0.39 is 5.97 Å². The van der Waals surface area contributed by atoms with Crippen LogP contribution in [0.4, 0.5) is 4.79 Å². The molecule has 2 heterocycles. The molecule has 1 aliphatic heterocycles. The predicted molar refractivity (Wildman–Crippen MR) is 77.0 cm³/mol. The van der Waals surface area contributed by atoms with Gasteiger partial charge >= 0.3 is 12.0 Å². The molecule has 1 aliphatic rings. The van der Waals surface area contributed by atoms with Crippen molar-refractivity contribution >= 4 is 12.0 Å². The number of carbonyl (C=O) groups excluding carboxylic acids is 1. The summed E-state index contributed by atoms with van der Waals surface area (Å²) < 4.78 is 4.49. The summed E-state index contributed by atoms with van der Waals surface area (Å²) in [6, 6.07) is -0.259. The first-order valence-electron chi connectivity index (χ1n) is 7.14. The van der Waals surface area contributed by atoms with Gasteiger partial charge in [-0.05, 0) is 25.7 Å². The van der Waals surface area contributed by atoms with E-state index in [1.54, 1.807) is 11.8 Å². The second-order valence-electron chi connectivity index (χ2n) is 5.16. The fourth-order valence-electron chi connectivity index (χ4n) is 2.35. The van der Waals surface area contributed by atoms with Gasteiger partial charge in [0.1, 0.15) is 11.3 Å². The number of rotatable bonds is 3.